The van der Waals surface area contributed by atoms with Gasteiger partial charge >= 0.3 is 0 Å². The van der Waals surface area contributed by atoms with Crippen LogP contribution in [-0.4, -0.2) is 17.1 Å². The van der Waals surface area contributed by atoms with Gasteiger partial charge in [-0.05, 0) is 11.1 Å². The summed E-state index contributed by atoms with van der Waals surface area (Å²) in [5, 5.41) is 12.4. The molecule has 3 heteroatoms. The summed E-state index contributed by atoms with van der Waals surface area (Å²) in [6.45, 7) is 0.673. The summed E-state index contributed by atoms with van der Waals surface area (Å²) >= 11 is 6.22. The molecule has 2 unspecified atom stereocenters. The number of alkyl halides is 1. The molecule has 0 aliphatic rings. The topological polar surface area (TPSA) is 32.3 Å². The van der Waals surface area contributed by atoms with Crippen LogP contribution in [0.1, 0.15) is 17.2 Å². The number of hydrogen-bond donors (Lipinski definition) is 2. The number of nitrogens with one attached hydrogen (secondary N) is 1. The molecule has 2 atom stereocenters. The Kier molecular flexibility index (Phi) is 5.40. The van der Waals surface area contributed by atoms with Crippen molar-refractivity contribution in [3.63, 3.8) is 0 Å². The van der Waals surface area contributed by atoms with Gasteiger partial charge in [0.05, 0.1) is 18.0 Å². The molecular weight excluding hydrogens is 258 g/mol. The largest absolute Gasteiger partial charge is 0.395 e. The lowest BCUT2D eigenvalue weighted by Gasteiger charge is -2.23. The van der Waals surface area contributed by atoms with E-state index in [2.05, 4.69) is 17.4 Å². The molecule has 2 aromatic carbocycles. The lowest BCUT2D eigenvalue weighted by molar-refractivity contribution is 0.269. The Bertz CT molecular complexity index is 475. The molecular formula is C16H18ClNO. The minimum atomic E-state index is -0.342. The zero-order valence-electron chi connectivity index (χ0n) is 10.7. The molecule has 0 saturated heterocycles. The second kappa shape index (κ2) is 7.29. The summed E-state index contributed by atoms with van der Waals surface area (Å²) in [5.74, 6) is 0. The van der Waals surface area contributed by atoms with Crippen LogP contribution in [0.2, 0.25) is 0 Å². The first-order valence-corrected chi connectivity index (χ1v) is 6.82. The summed E-state index contributed by atoms with van der Waals surface area (Å²) in [6, 6.07) is 20.1. The van der Waals surface area contributed by atoms with Gasteiger partial charge in [-0.2, -0.15) is 0 Å². The van der Waals surface area contributed by atoms with Crippen LogP contribution in [0.25, 0.3) is 0 Å². The van der Waals surface area contributed by atoms with Crippen LogP contribution in [0.4, 0.5) is 0 Å². The van der Waals surface area contributed by atoms with Crippen molar-refractivity contribution in [2.24, 2.45) is 0 Å². The highest BCUT2D eigenvalue weighted by Gasteiger charge is 2.19. The highest BCUT2D eigenvalue weighted by molar-refractivity contribution is 6.21. The van der Waals surface area contributed by atoms with Crippen molar-refractivity contribution in [3.05, 3.63) is 71.8 Å². The molecule has 0 radical (unpaired) electrons. The van der Waals surface area contributed by atoms with E-state index < -0.39 is 0 Å². The van der Waals surface area contributed by atoms with Crippen LogP contribution in [0.15, 0.2) is 60.7 Å². The molecule has 0 amide bonds. The summed E-state index contributed by atoms with van der Waals surface area (Å²) in [4.78, 5) is 0. The van der Waals surface area contributed by atoms with E-state index in [-0.39, 0.29) is 18.0 Å². The fourth-order valence-corrected chi connectivity index (χ4v) is 2.28. The molecule has 0 saturated carbocycles. The molecule has 0 heterocycles. The number of rotatable bonds is 6. The van der Waals surface area contributed by atoms with Crippen LogP contribution >= 0.6 is 11.6 Å². The number of aliphatic hydroxyl groups excluding tert-OH is 1. The first-order chi connectivity index (χ1) is 9.31. The van der Waals surface area contributed by atoms with Gasteiger partial charge in [0.2, 0.25) is 0 Å². The Morgan fingerprint density at radius 3 is 2.11 bits per heavy atom. The number of hydrogen-bond acceptors (Lipinski definition) is 2. The van der Waals surface area contributed by atoms with E-state index in [1.165, 1.54) is 5.56 Å². The van der Waals surface area contributed by atoms with Gasteiger partial charge in [-0.3, -0.25) is 0 Å². The Labute approximate surface area is 119 Å². The predicted molar refractivity (Wildman–Crippen MR) is 79.2 cm³/mol. The van der Waals surface area contributed by atoms with Crippen molar-refractivity contribution >= 4 is 11.6 Å². The van der Waals surface area contributed by atoms with Gasteiger partial charge < -0.3 is 10.4 Å². The van der Waals surface area contributed by atoms with E-state index in [1.807, 2.05) is 48.5 Å². The molecule has 0 bridgehead atoms. The van der Waals surface area contributed by atoms with E-state index in [0.29, 0.717) is 0 Å². The zero-order valence-corrected chi connectivity index (χ0v) is 11.4. The van der Waals surface area contributed by atoms with E-state index in [0.717, 1.165) is 12.1 Å². The Morgan fingerprint density at radius 1 is 0.947 bits per heavy atom. The summed E-state index contributed by atoms with van der Waals surface area (Å²) in [7, 11) is 0. The van der Waals surface area contributed by atoms with E-state index in [4.69, 9.17) is 11.6 Å². The Hall–Kier alpha value is -1.35. The van der Waals surface area contributed by atoms with Gasteiger partial charge in [-0.25, -0.2) is 0 Å². The SMILES string of the molecule is OCC(Cl)C(NCc1ccccc1)c1ccccc1. The lowest BCUT2D eigenvalue weighted by atomic mass is 10.0. The van der Waals surface area contributed by atoms with Crippen LogP contribution in [0.3, 0.4) is 0 Å². The maximum atomic E-state index is 9.29. The maximum Gasteiger partial charge on any atom is 0.0761 e. The molecule has 0 fully saturated rings. The van der Waals surface area contributed by atoms with E-state index in [9.17, 15) is 5.11 Å². The highest BCUT2D eigenvalue weighted by Crippen LogP contribution is 2.21. The van der Waals surface area contributed by atoms with Gasteiger partial charge in [0.25, 0.3) is 0 Å². The smallest absolute Gasteiger partial charge is 0.0761 e. The average Bonchev–Trinajstić information content (AvgIpc) is 2.49. The highest BCUT2D eigenvalue weighted by atomic mass is 35.5. The third-order valence-electron chi connectivity index (χ3n) is 3.06. The molecule has 100 valence electrons. The molecule has 19 heavy (non-hydrogen) atoms. The molecule has 0 aliphatic carbocycles. The monoisotopic (exact) mass is 275 g/mol. The van der Waals surface area contributed by atoms with Crippen LogP contribution in [0, 0.1) is 0 Å². The first kappa shape index (κ1) is 14.1. The number of benzene rings is 2. The van der Waals surface area contributed by atoms with Crippen molar-refractivity contribution in [1.82, 2.24) is 5.32 Å². The Morgan fingerprint density at radius 2 is 1.53 bits per heavy atom. The third kappa shape index (κ3) is 4.06. The van der Waals surface area contributed by atoms with E-state index >= 15 is 0 Å². The van der Waals surface area contributed by atoms with Crippen molar-refractivity contribution in [2.45, 2.75) is 18.0 Å². The van der Waals surface area contributed by atoms with Gasteiger partial charge in [-0.1, -0.05) is 60.7 Å². The summed E-state index contributed by atoms with van der Waals surface area (Å²) in [5.41, 5.74) is 2.29. The third-order valence-corrected chi connectivity index (χ3v) is 3.45. The molecule has 2 aromatic rings. The molecule has 0 aliphatic heterocycles. The lowest BCUT2D eigenvalue weighted by Crippen LogP contribution is -2.30. The first-order valence-electron chi connectivity index (χ1n) is 6.38. The van der Waals surface area contributed by atoms with Crippen molar-refractivity contribution < 1.29 is 5.11 Å². The molecule has 2 N–H and O–H groups in total. The quantitative estimate of drug-likeness (QED) is 0.794. The van der Waals surface area contributed by atoms with Crippen LogP contribution < -0.4 is 5.32 Å². The molecule has 0 spiro atoms. The summed E-state index contributed by atoms with van der Waals surface area (Å²) in [6.07, 6.45) is 0. The van der Waals surface area contributed by atoms with Crippen LogP contribution in [0.5, 0.6) is 0 Å². The van der Waals surface area contributed by atoms with Crippen molar-refractivity contribution in [2.75, 3.05) is 6.61 Å². The molecule has 2 nitrogen and oxygen atoms in total. The van der Waals surface area contributed by atoms with Gasteiger partial charge in [-0.15, -0.1) is 11.6 Å². The zero-order chi connectivity index (χ0) is 13.5. The standard InChI is InChI=1S/C16H18ClNO/c17-15(12-19)16(14-9-5-2-6-10-14)18-11-13-7-3-1-4-8-13/h1-10,15-16,18-19H,11-12H2. The second-order valence-electron chi connectivity index (χ2n) is 4.45. The average molecular weight is 276 g/mol. The molecule has 0 aromatic heterocycles. The van der Waals surface area contributed by atoms with Gasteiger partial charge in [0.1, 0.15) is 0 Å². The van der Waals surface area contributed by atoms with Gasteiger partial charge in [0.15, 0.2) is 0 Å². The number of halogens is 1. The normalized spacial score (nSPS) is 14.0. The van der Waals surface area contributed by atoms with Crippen molar-refractivity contribution in [1.29, 1.82) is 0 Å². The van der Waals surface area contributed by atoms with E-state index in [1.54, 1.807) is 0 Å². The number of aliphatic hydroxyl groups is 1. The molecule has 2 rings (SSSR count). The minimum absolute atomic E-state index is 0.0527. The van der Waals surface area contributed by atoms with Crippen molar-refractivity contribution in [3.8, 4) is 0 Å². The maximum absolute atomic E-state index is 9.29. The fraction of sp³-hybridized carbons (Fsp3) is 0.250. The Balaban J connectivity index is 2.07. The summed E-state index contributed by atoms with van der Waals surface area (Å²) < 4.78 is 0. The minimum Gasteiger partial charge on any atom is -0.395 e. The second-order valence-corrected chi connectivity index (χ2v) is 5.01. The van der Waals surface area contributed by atoms with Crippen LogP contribution in [-0.2, 0) is 6.54 Å². The fourth-order valence-electron chi connectivity index (χ4n) is 2.04. The predicted octanol–water partition coefficient (Wildman–Crippen LogP) is 3.12. The van der Waals surface area contributed by atoms with Gasteiger partial charge in [0, 0.05) is 6.54 Å².